The lowest BCUT2D eigenvalue weighted by Gasteiger charge is -2.04. The fraction of sp³-hybridized carbons (Fsp3) is 0.0769. The smallest absolute Gasteiger partial charge is 0.199 e. The summed E-state index contributed by atoms with van der Waals surface area (Å²) >= 11 is 6.19. The van der Waals surface area contributed by atoms with Gasteiger partial charge in [-0.3, -0.25) is 0 Å². The van der Waals surface area contributed by atoms with Crippen molar-refractivity contribution in [2.45, 2.75) is 0 Å². The summed E-state index contributed by atoms with van der Waals surface area (Å²) in [4.78, 5) is 4.53. The van der Waals surface area contributed by atoms with Crippen molar-refractivity contribution in [3.63, 3.8) is 0 Å². The zero-order chi connectivity index (χ0) is 12.5. The third kappa shape index (κ3) is 1.71. The molecule has 0 aliphatic heterocycles. The molecule has 0 N–H and O–H groups in total. The van der Waals surface area contributed by atoms with Crippen LogP contribution in [0.1, 0.15) is 0 Å². The van der Waals surface area contributed by atoms with Gasteiger partial charge in [-0.05, 0) is 0 Å². The Morgan fingerprint density at radius 3 is 2.72 bits per heavy atom. The summed E-state index contributed by atoms with van der Waals surface area (Å²) < 4.78 is 6.76. The first-order chi connectivity index (χ1) is 8.79. The largest absolute Gasteiger partial charge is 0.491 e. The second-order valence-corrected chi connectivity index (χ2v) is 4.17. The molecule has 0 spiro atoms. The van der Waals surface area contributed by atoms with Crippen molar-refractivity contribution in [1.82, 2.24) is 14.6 Å². The minimum absolute atomic E-state index is 0.502. The average molecular weight is 260 g/mol. The van der Waals surface area contributed by atoms with Crippen LogP contribution >= 0.6 is 11.6 Å². The molecule has 2 aromatic heterocycles. The lowest BCUT2D eigenvalue weighted by molar-refractivity contribution is 0.418. The van der Waals surface area contributed by atoms with Gasteiger partial charge in [0.05, 0.1) is 19.0 Å². The molecule has 0 unspecified atom stereocenters. The van der Waals surface area contributed by atoms with Crippen LogP contribution in [0.25, 0.3) is 16.9 Å². The van der Waals surface area contributed by atoms with E-state index in [0.29, 0.717) is 16.5 Å². The van der Waals surface area contributed by atoms with Gasteiger partial charge in [0.2, 0.25) is 0 Å². The van der Waals surface area contributed by atoms with E-state index >= 15 is 0 Å². The molecule has 0 radical (unpaired) electrons. The minimum atomic E-state index is 0.502. The van der Waals surface area contributed by atoms with Crippen molar-refractivity contribution >= 4 is 17.2 Å². The van der Waals surface area contributed by atoms with E-state index in [4.69, 9.17) is 16.3 Å². The van der Waals surface area contributed by atoms with Crippen molar-refractivity contribution in [1.29, 1.82) is 0 Å². The minimum Gasteiger partial charge on any atom is -0.491 e. The van der Waals surface area contributed by atoms with Crippen molar-refractivity contribution in [2.75, 3.05) is 7.11 Å². The summed E-state index contributed by atoms with van der Waals surface area (Å²) in [5.74, 6) is 0.606. The number of ether oxygens (including phenoxy) is 1. The summed E-state index contributed by atoms with van der Waals surface area (Å²) in [5.41, 5.74) is 2.42. The molecule has 0 amide bonds. The third-order valence-electron chi connectivity index (χ3n) is 2.69. The van der Waals surface area contributed by atoms with Gasteiger partial charge in [-0.1, -0.05) is 41.9 Å². The quantitative estimate of drug-likeness (QED) is 0.664. The van der Waals surface area contributed by atoms with Crippen LogP contribution < -0.4 is 4.74 Å². The van der Waals surface area contributed by atoms with Gasteiger partial charge < -0.3 is 4.74 Å². The standard InChI is InChI=1S/C13H10ClN3O/c1-18-11-8-15-17-12(14)7-10(16-13(11)17)9-5-3-2-4-6-9/h2-8H,1H3. The van der Waals surface area contributed by atoms with Crippen LogP contribution in [-0.4, -0.2) is 21.7 Å². The molecule has 3 aromatic rings. The highest BCUT2D eigenvalue weighted by molar-refractivity contribution is 6.30. The summed E-state index contributed by atoms with van der Waals surface area (Å²) in [6, 6.07) is 11.6. The zero-order valence-corrected chi connectivity index (χ0v) is 10.4. The predicted molar refractivity (Wildman–Crippen MR) is 70.0 cm³/mol. The van der Waals surface area contributed by atoms with Gasteiger partial charge in [0.1, 0.15) is 5.15 Å². The highest BCUT2D eigenvalue weighted by Gasteiger charge is 2.11. The van der Waals surface area contributed by atoms with Crippen molar-refractivity contribution < 1.29 is 4.74 Å². The van der Waals surface area contributed by atoms with Crippen molar-refractivity contribution in [2.24, 2.45) is 0 Å². The Bertz CT molecular complexity index is 694. The Kier molecular flexibility index (Phi) is 2.64. The number of hydrogen-bond donors (Lipinski definition) is 0. The lowest BCUT2D eigenvalue weighted by atomic mass is 10.1. The molecule has 0 saturated carbocycles. The average Bonchev–Trinajstić information content (AvgIpc) is 2.83. The maximum atomic E-state index is 6.19. The van der Waals surface area contributed by atoms with Gasteiger partial charge in [-0.25, -0.2) is 4.98 Å². The van der Waals surface area contributed by atoms with Crippen LogP contribution in [0.5, 0.6) is 5.75 Å². The number of hydrogen-bond acceptors (Lipinski definition) is 3. The van der Waals surface area contributed by atoms with Gasteiger partial charge in [-0.2, -0.15) is 9.61 Å². The van der Waals surface area contributed by atoms with Gasteiger partial charge in [0, 0.05) is 11.6 Å². The van der Waals surface area contributed by atoms with E-state index in [1.807, 2.05) is 30.3 Å². The molecule has 18 heavy (non-hydrogen) atoms. The summed E-state index contributed by atoms with van der Waals surface area (Å²) in [7, 11) is 1.59. The van der Waals surface area contributed by atoms with E-state index in [1.54, 1.807) is 23.9 Å². The number of nitrogens with zero attached hydrogens (tertiary/aromatic N) is 3. The molecule has 0 aliphatic carbocycles. The van der Waals surface area contributed by atoms with Crippen LogP contribution in [0.2, 0.25) is 5.15 Å². The maximum absolute atomic E-state index is 6.19. The monoisotopic (exact) mass is 259 g/mol. The number of aromatic nitrogens is 3. The molecule has 0 aliphatic rings. The van der Waals surface area contributed by atoms with Crippen LogP contribution in [0.3, 0.4) is 0 Å². The van der Waals surface area contributed by atoms with Crippen LogP contribution in [0.4, 0.5) is 0 Å². The number of methoxy groups -OCH3 is 1. The number of rotatable bonds is 2. The maximum Gasteiger partial charge on any atom is 0.199 e. The number of benzene rings is 1. The topological polar surface area (TPSA) is 39.4 Å². The molecule has 4 nitrogen and oxygen atoms in total. The third-order valence-corrected chi connectivity index (χ3v) is 2.95. The fourth-order valence-electron chi connectivity index (χ4n) is 1.81. The first-order valence-electron chi connectivity index (χ1n) is 5.43. The summed E-state index contributed by atoms with van der Waals surface area (Å²) in [6.45, 7) is 0. The normalized spacial score (nSPS) is 10.8. The van der Waals surface area contributed by atoms with E-state index in [0.717, 1.165) is 11.3 Å². The van der Waals surface area contributed by atoms with E-state index in [2.05, 4.69) is 10.1 Å². The molecular formula is C13H10ClN3O. The predicted octanol–water partition coefficient (Wildman–Crippen LogP) is 3.06. The molecule has 0 atom stereocenters. The Labute approximate surface area is 109 Å². The molecular weight excluding hydrogens is 250 g/mol. The van der Waals surface area contributed by atoms with E-state index in [-0.39, 0.29) is 0 Å². The Balaban J connectivity index is 2.26. The van der Waals surface area contributed by atoms with E-state index < -0.39 is 0 Å². The lowest BCUT2D eigenvalue weighted by Crippen LogP contribution is -1.95. The van der Waals surface area contributed by atoms with E-state index in [1.165, 1.54) is 0 Å². The Morgan fingerprint density at radius 2 is 2.00 bits per heavy atom. The van der Waals surface area contributed by atoms with Crippen molar-refractivity contribution in [3.05, 3.63) is 47.7 Å². The molecule has 5 heteroatoms. The Morgan fingerprint density at radius 1 is 1.22 bits per heavy atom. The molecule has 2 heterocycles. The first kappa shape index (κ1) is 11.0. The van der Waals surface area contributed by atoms with Gasteiger partial charge >= 0.3 is 0 Å². The van der Waals surface area contributed by atoms with Crippen LogP contribution in [-0.2, 0) is 0 Å². The van der Waals surface area contributed by atoms with Crippen molar-refractivity contribution in [3.8, 4) is 17.0 Å². The second kappa shape index (κ2) is 4.31. The van der Waals surface area contributed by atoms with Gasteiger partial charge in [0.15, 0.2) is 11.4 Å². The molecule has 0 fully saturated rings. The van der Waals surface area contributed by atoms with E-state index in [9.17, 15) is 0 Å². The highest BCUT2D eigenvalue weighted by atomic mass is 35.5. The van der Waals surface area contributed by atoms with Crippen LogP contribution in [0, 0.1) is 0 Å². The van der Waals surface area contributed by atoms with Crippen LogP contribution in [0.15, 0.2) is 42.6 Å². The Hall–Kier alpha value is -2.07. The fourth-order valence-corrected chi connectivity index (χ4v) is 2.03. The zero-order valence-electron chi connectivity index (χ0n) is 9.67. The first-order valence-corrected chi connectivity index (χ1v) is 5.81. The van der Waals surface area contributed by atoms with Gasteiger partial charge in [0.25, 0.3) is 0 Å². The SMILES string of the molecule is COc1cnn2c(Cl)cc(-c3ccccc3)nc12. The molecule has 0 saturated heterocycles. The molecule has 0 bridgehead atoms. The van der Waals surface area contributed by atoms with Gasteiger partial charge in [-0.15, -0.1) is 0 Å². The number of fused-ring (bicyclic) bond motifs is 1. The number of halogens is 1. The molecule has 90 valence electrons. The second-order valence-electron chi connectivity index (χ2n) is 3.78. The summed E-state index contributed by atoms with van der Waals surface area (Å²) in [5, 5.41) is 4.62. The molecule has 1 aromatic carbocycles. The summed E-state index contributed by atoms with van der Waals surface area (Å²) in [6.07, 6.45) is 1.60. The molecule has 3 rings (SSSR count). The highest BCUT2D eigenvalue weighted by Crippen LogP contribution is 2.26.